The number of carbonyl (C=O) groups is 1. The molecule has 3 aliphatic rings. The van der Waals surface area contributed by atoms with Crippen molar-refractivity contribution in [3.8, 4) is 11.1 Å². The van der Waals surface area contributed by atoms with Gasteiger partial charge < -0.3 is 29.3 Å². The summed E-state index contributed by atoms with van der Waals surface area (Å²) in [5.74, 6) is 0. The molecular formula is C27H33N5O4. The number of piperidine rings is 1. The molecule has 3 saturated heterocycles. The molecule has 0 saturated carbocycles. The fraction of sp³-hybridized carbons (Fsp3) is 0.481. The van der Waals surface area contributed by atoms with Crippen LogP contribution in [0.3, 0.4) is 0 Å². The first-order chi connectivity index (χ1) is 17.6. The number of rotatable bonds is 5. The average molecular weight is 492 g/mol. The van der Waals surface area contributed by atoms with Crippen molar-refractivity contribution in [2.24, 2.45) is 0 Å². The summed E-state index contributed by atoms with van der Waals surface area (Å²) in [6, 6.07) is 13.0. The molecule has 1 aromatic carbocycles. The summed E-state index contributed by atoms with van der Waals surface area (Å²) < 4.78 is 18.5. The molecule has 190 valence electrons. The van der Waals surface area contributed by atoms with Crippen molar-refractivity contribution >= 4 is 17.3 Å². The van der Waals surface area contributed by atoms with Gasteiger partial charge in [-0.25, -0.2) is 9.31 Å². The fourth-order valence-corrected chi connectivity index (χ4v) is 5.44. The Labute approximate surface area is 210 Å². The standard InChI is InChI=1S/C27H33N5O4/c1-34-27(8-2-9-28-19-27)22-5-3-20(4-6-22)21-15-25-24(7-10-29-32(25)16-21)30-11-13-31(14-12-30)26(33)36-23-17-35-18-23/h3-7,10,15-16,23,28H,2,8-9,11-14,17-19H2,1H3/t27-/m1/s1. The number of hydrogen-bond donors (Lipinski definition) is 1. The number of hydrogen-bond acceptors (Lipinski definition) is 7. The highest BCUT2D eigenvalue weighted by molar-refractivity contribution is 5.80. The summed E-state index contributed by atoms with van der Waals surface area (Å²) in [6.07, 6.45) is 5.72. The molecule has 0 bridgehead atoms. The summed E-state index contributed by atoms with van der Waals surface area (Å²) in [5, 5.41) is 8.03. The molecule has 36 heavy (non-hydrogen) atoms. The topological polar surface area (TPSA) is 80.6 Å². The smallest absolute Gasteiger partial charge is 0.410 e. The molecule has 6 rings (SSSR count). The van der Waals surface area contributed by atoms with E-state index in [0.717, 1.165) is 61.4 Å². The van der Waals surface area contributed by atoms with Crippen LogP contribution in [0.25, 0.3) is 16.6 Å². The van der Waals surface area contributed by atoms with E-state index in [1.54, 1.807) is 12.0 Å². The Morgan fingerprint density at radius 3 is 2.58 bits per heavy atom. The van der Waals surface area contributed by atoms with Crippen LogP contribution in [-0.4, -0.2) is 86.3 Å². The zero-order chi connectivity index (χ0) is 24.5. The lowest BCUT2D eigenvalue weighted by atomic mass is 9.85. The fourth-order valence-electron chi connectivity index (χ4n) is 5.44. The minimum atomic E-state index is -0.253. The van der Waals surface area contributed by atoms with Gasteiger partial charge in [0.25, 0.3) is 0 Å². The number of amides is 1. The Hall–Kier alpha value is -3.14. The SMILES string of the molecule is CO[C@]1(c2ccc(-c3cc4c(N5CCN(C(=O)OC6COC6)CC5)ccnn4c3)cc2)CCCNC1. The number of aromatic nitrogens is 2. The average Bonchev–Trinajstić information content (AvgIpc) is 3.36. The molecule has 3 fully saturated rings. The van der Waals surface area contributed by atoms with E-state index in [2.05, 4.69) is 57.9 Å². The Bertz CT molecular complexity index is 1210. The van der Waals surface area contributed by atoms with Gasteiger partial charge in [-0.3, -0.25) is 0 Å². The van der Waals surface area contributed by atoms with E-state index in [1.165, 1.54) is 5.56 Å². The first-order valence-corrected chi connectivity index (χ1v) is 12.8. The molecule has 9 nitrogen and oxygen atoms in total. The van der Waals surface area contributed by atoms with Gasteiger partial charge in [-0.1, -0.05) is 24.3 Å². The van der Waals surface area contributed by atoms with E-state index >= 15 is 0 Å². The first kappa shape index (κ1) is 23.3. The molecule has 2 aromatic heterocycles. The van der Waals surface area contributed by atoms with Gasteiger partial charge >= 0.3 is 6.09 Å². The van der Waals surface area contributed by atoms with Gasteiger partial charge in [0.05, 0.1) is 24.4 Å². The highest BCUT2D eigenvalue weighted by Gasteiger charge is 2.34. The normalized spacial score (nSPS) is 23.0. The van der Waals surface area contributed by atoms with Gasteiger partial charge in [0, 0.05) is 57.8 Å². The molecule has 1 N–H and O–H groups in total. The second-order valence-corrected chi connectivity index (χ2v) is 9.85. The van der Waals surface area contributed by atoms with Gasteiger partial charge in [-0.15, -0.1) is 0 Å². The third-order valence-corrected chi connectivity index (χ3v) is 7.72. The molecule has 1 atom stereocenters. The second kappa shape index (κ2) is 9.72. The first-order valence-electron chi connectivity index (χ1n) is 12.8. The number of anilines is 1. The van der Waals surface area contributed by atoms with E-state index in [9.17, 15) is 4.79 Å². The van der Waals surface area contributed by atoms with Gasteiger partial charge in [0.15, 0.2) is 6.10 Å². The van der Waals surface area contributed by atoms with Gasteiger partial charge in [-0.05, 0) is 42.6 Å². The molecule has 0 radical (unpaired) electrons. The van der Waals surface area contributed by atoms with Gasteiger partial charge in [0.1, 0.15) is 5.60 Å². The number of piperazine rings is 1. The molecule has 3 aliphatic heterocycles. The van der Waals surface area contributed by atoms with Crippen LogP contribution < -0.4 is 10.2 Å². The lowest BCUT2D eigenvalue weighted by Gasteiger charge is -2.37. The zero-order valence-electron chi connectivity index (χ0n) is 20.7. The number of ether oxygens (including phenoxy) is 3. The number of nitrogens with zero attached hydrogens (tertiary/aromatic N) is 4. The lowest BCUT2D eigenvalue weighted by molar-refractivity contribution is -0.104. The summed E-state index contributed by atoms with van der Waals surface area (Å²) in [6.45, 7) is 5.65. The predicted octanol–water partition coefficient (Wildman–Crippen LogP) is 2.88. The van der Waals surface area contributed by atoms with Crippen molar-refractivity contribution < 1.29 is 19.0 Å². The number of fused-ring (bicyclic) bond motifs is 1. The van der Waals surface area contributed by atoms with E-state index < -0.39 is 0 Å². The van der Waals surface area contributed by atoms with E-state index in [1.807, 2.05) is 10.7 Å². The number of benzene rings is 1. The van der Waals surface area contributed by atoms with Crippen LogP contribution in [0.4, 0.5) is 10.5 Å². The number of methoxy groups -OCH3 is 1. The van der Waals surface area contributed by atoms with E-state index in [0.29, 0.717) is 26.3 Å². The van der Waals surface area contributed by atoms with Crippen molar-refractivity contribution in [3.05, 3.63) is 54.4 Å². The van der Waals surface area contributed by atoms with Crippen LogP contribution in [0.5, 0.6) is 0 Å². The van der Waals surface area contributed by atoms with Crippen LogP contribution in [0.1, 0.15) is 18.4 Å². The van der Waals surface area contributed by atoms with Crippen molar-refractivity contribution in [3.63, 3.8) is 0 Å². The van der Waals surface area contributed by atoms with Crippen LogP contribution in [0.2, 0.25) is 0 Å². The minimum absolute atomic E-state index is 0.0945. The maximum atomic E-state index is 12.4. The molecule has 9 heteroatoms. The van der Waals surface area contributed by atoms with Crippen LogP contribution in [0, 0.1) is 0 Å². The highest BCUT2D eigenvalue weighted by atomic mass is 16.6. The van der Waals surface area contributed by atoms with Crippen molar-refractivity contribution in [2.45, 2.75) is 24.5 Å². The maximum absolute atomic E-state index is 12.4. The molecule has 1 amide bonds. The highest BCUT2D eigenvalue weighted by Crippen LogP contribution is 2.34. The maximum Gasteiger partial charge on any atom is 0.410 e. The molecule has 0 spiro atoms. The van der Waals surface area contributed by atoms with Crippen molar-refractivity contribution in [1.29, 1.82) is 0 Å². The summed E-state index contributed by atoms with van der Waals surface area (Å²) in [5.41, 5.74) is 5.42. The molecule has 3 aromatic rings. The lowest BCUT2D eigenvalue weighted by Crippen LogP contribution is -2.51. The molecule has 5 heterocycles. The van der Waals surface area contributed by atoms with Crippen molar-refractivity contribution in [2.75, 3.05) is 64.5 Å². The van der Waals surface area contributed by atoms with E-state index in [4.69, 9.17) is 14.2 Å². The Morgan fingerprint density at radius 2 is 1.92 bits per heavy atom. The van der Waals surface area contributed by atoms with E-state index in [-0.39, 0.29) is 17.8 Å². The quantitative estimate of drug-likeness (QED) is 0.588. The number of nitrogens with one attached hydrogen (secondary N) is 1. The Kier molecular flexibility index (Phi) is 6.29. The van der Waals surface area contributed by atoms with Crippen LogP contribution in [0.15, 0.2) is 48.8 Å². The van der Waals surface area contributed by atoms with Crippen molar-refractivity contribution in [1.82, 2.24) is 19.8 Å². The van der Waals surface area contributed by atoms with Crippen LogP contribution >= 0.6 is 0 Å². The third-order valence-electron chi connectivity index (χ3n) is 7.72. The third kappa shape index (κ3) is 4.31. The monoisotopic (exact) mass is 491 g/mol. The molecule has 0 unspecified atom stereocenters. The Morgan fingerprint density at radius 1 is 1.11 bits per heavy atom. The molecular weight excluding hydrogens is 458 g/mol. The van der Waals surface area contributed by atoms with Gasteiger partial charge in [0.2, 0.25) is 0 Å². The summed E-state index contributed by atoms with van der Waals surface area (Å²) >= 11 is 0. The largest absolute Gasteiger partial charge is 0.441 e. The predicted molar refractivity (Wildman–Crippen MR) is 136 cm³/mol. The summed E-state index contributed by atoms with van der Waals surface area (Å²) in [4.78, 5) is 16.5. The van der Waals surface area contributed by atoms with Gasteiger partial charge in [-0.2, -0.15) is 5.10 Å². The minimum Gasteiger partial charge on any atom is -0.441 e. The van der Waals surface area contributed by atoms with Crippen LogP contribution in [-0.2, 0) is 19.8 Å². The summed E-state index contributed by atoms with van der Waals surface area (Å²) in [7, 11) is 1.81. The zero-order valence-corrected chi connectivity index (χ0v) is 20.7. The number of carbonyl (C=O) groups excluding carboxylic acids is 1. The molecule has 0 aliphatic carbocycles. The second-order valence-electron chi connectivity index (χ2n) is 9.85. The Balaban J connectivity index is 1.18.